The van der Waals surface area contributed by atoms with Gasteiger partial charge in [-0.1, -0.05) is 6.92 Å². The minimum atomic E-state index is -0.305. The molecule has 0 spiro atoms. The highest BCUT2D eigenvalue weighted by atomic mass is 16.2. The van der Waals surface area contributed by atoms with Crippen LogP contribution in [-0.4, -0.2) is 30.9 Å². The van der Waals surface area contributed by atoms with Crippen LogP contribution in [-0.2, 0) is 9.59 Å². The summed E-state index contributed by atoms with van der Waals surface area (Å²) in [5.74, 6) is -0.315. The van der Waals surface area contributed by atoms with E-state index in [1.54, 1.807) is 0 Å². The standard InChI is InChI=1S/C10H21N3O2/c1-3-8(2)13-10(15)7-12-6-4-5-9(11)14/h8,12H,3-7H2,1-2H3,(H2,11,14)(H,13,15). The lowest BCUT2D eigenvalue weighted by molar-refractivity contribution is -0.120. The third kappa shape index (κ3) is 9.21. The number of nitrogens with one attached hydrogen (secondary N) is 2. The van der Waals surface area contributed by atoms with Gasteiger partial charge in [0.2, 0.25) is 11.8 Å². The van der Waals surface area contributed by atoms with Crippen molar-refractivity contribution in [1.29, 1.82) is 0 Å². The first kappa shape index (κ1) is 13.9. The fraction of sp³-hybridized carbons (Fsp3) is 0.800. The van der Waals surface area contributed by atoms with Crippen LogP contribution in [0.15, 0.2) is 0 Å². The smallest absolute Gasteiger partial charge is 0.234 e. The predicted octanol–water partition coefficient (Wildman–Crippen LogP) is -0.244. The van der Waals surface area contributed by atoms with Crippen LogP contribution in [0.5, 0.6) is 0 Å². The largest absolute Gasteiger partial charge is 0.370 e. The van der Waals surface area contributed by atoms with Gasteiger partial charge in [-0.2, -0.15) is 0 Å². The van der Waals surface area contributed by atoms with Gasteiger partial charge < -0.3 is 16.4 Å². The Morgan fingerprint density at radius 3 is 2.60 bits per heavy atom. The molecule has 0 fully saturated rings. The molecule has 0 aliphatic rings. The van der Waals surface area contributed by atoms with Gasteiger partial charge in [0.1, 0.15) is 0 Å². The summed E-state index contributed by atoms with van der Waals surface area (Å²) in [6.07, 6.45) is 1.96. The van der Waals surface area contributed by atoms with Crippen molar-refractivity contribution in [2.24, 2.45) is 5.73 Å². The van der Waals surface area contributed by atoms with E-state index in [4.69, 9.17) is 5.73 Å². The van der Waals surface area contributed by atoms with E-state index in [0.717, 1.165) is 6.42 Å². The Morgan fingerprint density at radius 2 is 2.07 bits per heavy atom. The first-order chi connectivity index (χ1) is 7.06. The average Bonchev–Trinajstić information content (AvgIpc) is 2.16. The van der Waals surface area contributed by atoms with E-state index in [2.05, 4.69) is 10.6 Å². The number of primary amides is 1. The Kier molecular flexibility index (Phi) is 7.62. The van der Waals surface area contributed by atoms with Crippen LogP contribution in [0.3, 0.4) is 0 Å². The van der Waals surface area contributed by atoms with Crippen molar-refractivity contribution in [2.45, 2.75) is 39.2 Å². The Labute approximate surface area is 90.8 Å². The van der Waals surface area contributed by atoms with Gasteiger partial charge >= 0.3 is 0 Å². The van der Waals surface area contributed by atoms with Crippen LogP contribution in [0.1, 0.15) is 33.1 Å². The molecule has 1 atom stereocenters. The summed E-state index contributed by atoms with van der Waals surface area (Å²) in [4.78, 5) is 21.6. The molecule has 4 N–H and O–H groups in total. The molecule has 0 aromatic rings. The molecule has 5 heteroatoms. The lowest BCUT2D eigenvalue weighted by atomic mass is 10.2. The van der Waals surface area contributed by atoms with Crippen molar-refractivity contribution in [1.82, 2.24) is 10.6 Å². The molecular formula is C10H21N3O2. The van der Waals surface area contributed by atoms with Gasteiger partial charge in [0.15, 0.2) is 0 Å². The summed E-state index contributed by atoms with van der Waals surface area (Å²) in [6, 6.07) is 0.213. The predicted molar refractivity (Wildman–Crippen MR) is 59.2 cm³/mol. The van der Waals surface area contributed by atoms with E-state index >= 15 is 0 Å². The van der Waals surface area contributed by atoms with E-state index < -0.39 is 0 Å². The molecule has 0 radical (unpaired) electrons. The molecule has 15 heavy (non-hydrogen) atoms. The SMILES string of the molecule is CCC(C)NC(=O)CNCCCC(N)=O. The number of amides is 2. The van der Waals surface area contributed by atoms with Crippen LogP contribution < -0.4 is 16.4 Å². The zero-order valence-electron chi connectivity index (χ0n) is 9.51. The van der Waals surface area contributed by atoms with E-state index in [1.807, 2.05) is 13.8 Å². The highest BCUT2D eigenvalue weighted by Crippen LogP contribution is 1.87. The van der Waals surface area contributed by atoms with Gasteiger partial charge in [-0.15, -0.1) is 0 Å². The molecule has 88 valence electrons. The molecule has 0 bridgehead atoms. The average molecular weight is 215 g/mol. The maximum atomic E-state index is 11.2. The van der Waals surface area contributed by atoms with Crippen molar-refractivity contribution in [2.75, 3.05) is 13.1 Å². The van der Waals surface area contributed by atoms with Crippen molar-refractivity contribution in [3.63, 3.8) is 0 Å². The third-order valence-electron chi connectivity index (χ3n) is 2.08. The van der Waals surface area contributed by atoms with Crippen LogP contribution in [0.4, 0.5) is 0 Å². The lowest BCUT2D eigenvalue weighted by Gasteiger charge is -2.11. The molecule has 5 nitrogen and oxygen atoms in total. The molecule has 0 aliphatic heterocycles. The molecule has 1 unspecified atom stereocenters. The molecule has 0 heterocycles. The fourth-order valence-corrected chi connectivity index (χ4v) is 1.02. The van der Waals surface area contributed by atoms with Gasteiger partial charge in [0.05, 0.1) is 6.54 Å². The molecule has 0 rings (SSSR count). The topological polar surface area (TPSA) is 84.2 Å². The van der Waals surface area contributed by atoms with Gasteiger partial charge in [0.25, 0.3) is 0 Å². The number of carbonyl (C=O) groups is 2. The summed E-state index contributed by atoms with van der Waals surface area (Å²) in [7, 11) is 0. The van der Waals surface area contributed by atoms with Gasteiger partial charge in [-0.3, -0.25) is 9.59 Å². The second-order valence-corrected chi connectivity index (χ2v) is 3.62. The second-order valence-electron chi connectivity index (χ2n) is 3.62. The number of nitrogens with two attached hydrogens (primary N) is 1. The van der Waals surface area contributed by atoms with Gasteiger partial charge in [0, 0.05) is 12.5 Å². The molecule has 0 saturated heterocycles. The summed E-state index contributed by atoms with van der Waals surface area (Å²) >= 11 is 0. The normalized spacial score (nSPS) is 12.1. The van der Waals surface area contributed by atoms with E-state index in [0.29, 0.717) is 25.9 Å². The first-order valence-corrected chi connectivity index (χ1v) is 5.34. The summed E-state index contributed by atoms with van der Waals surface area (Å²) in [6.45, 7) is 4.91. The fourth-order valence-electron chi connectivity index (χ4n) is 1.02. The zero-order chi connectivity index (χ0) is 11.7. The summed E-state index contributed by atoms with van der Waals surface area (Å²) < 4.78 is 0. The number of hydrogen-bond acceptors (Lipinski definition) is 3. The van der Waals surface area contributed by atoms with Gasteiger partial charge in [-0.25, -0.2) is 0 Å². The second kappa shape index (κ2) is 8.23. The molecule has 0 aromatic heterocycles. The molecule has 0 saturated carbocycles. The quantitative estimate of drug-likeness (QED) is 0.488. The van der Waals surface area contributed by atoms with Crippen LogP contribution in [0.2, 0.25) is 0 Å². The monoisotopic (exact) mass is 215 g/mol. The molecule has 2 amide bonds. The Hall–Kier alpha value is -1.10. The van der Waals surface area contributed by atoms with E-state index in [1.165, 1.54) is 0 Å². The van der Waals surface area contributed by atoms with Crippen molar-refractivity contribution >= 4 is 11.8 Å². The molecular weight excluding hydrogens is 194 g/mol. The van der Waals surface area contributed by atoms with E-state index in [-0.39, 0.29) is 17.9 Å². The highest BCUT2D eigenvalue weighted by molar-refractivity contribution is 5.78. The van der Waals surface area contributed by atoms with Crippen LogP contribution >= 0.6 is 0 Å². The molecule has 0 aromatic carbocycles. The Bertz CT molecular complexity index is 207. The lowest BCUT2D eigenvalue weighted by Crippen LogP contribution is -2.39. The minimum absolute atomic E-state index is 0.0107. The van der Waals surface area contributed by atoms with Crippen molar-refractivity contribution < 1.29 is 9.59 Å². The van der Waals surface area contributed by atoms with E-state index in [9.17, 15) is 9.59 Å². The first-order valence-electron chi connectivity index (χ1n) is 5.34. The maximum Gasteiger partial charge on any atom is 0.234 e. The Morgan fingerprint density at radius 1 is 1.40 bits per heavy atom. The summed E-state index contributed by atoms with van der Waals surface area (Å²) in [5, 5.41) is 5.79. The van der Waals surface area contributed by atoms with Crippen LogP contribution in [0, 0.1) is 0 Å². The number of carbonyl (C=O) groups excluding carboxylic acids is 2. The van der Waals surface area contributed by atoms with Crippen molar-refractivity contribution in [3.05, 3.63) is 0 Å². The minimum Gasteiger partial charge on any atom is -0.370 e. The summed E-state index contributed by atoms with van der Waals surface area (Å²) in [5.41, 5.74) is 4.97. The Balaban J connectivity index is 3.35. The molecule has 0 aliphatic carbocycles. The van der Waals surface area contributed by atoms with Gasteiger partial charge in [-0.05, 0) is 26.3 Å². The third-order valence-corrected chi connectivity index (χ3v) is 2.08. The maximum absolute atomic E-state index is 11.2. The number of rotatable bonds is 8. The van der Waals surface area contributed by atoms with Crippen LogP contribution in [0.25, 0.3) is 0 Å². The highest BCUT2D eigenvalue weighted by Gasteiger charge is 2.04. The number of hydrogen-bond donors (Lipinski definition) is 3. The zero-order valence-corrected chi connectivity index (χ0v) is 9.51. The van der Waals surface area contributed by atoms with Crippen molar-refractivity contribution in [3.8, 4) is 0 Å².